The zero-order valence-corrected chi connectivity index (χ0v) is 13.0. The number of benzene rings is 2. The largest absolute Gasteiger partial charge is 0.494 e. The summed E-state index contributed by atoms with van der Waals surface area (Å²) in [7, 11) is 0. The van der Waals surface area contributed by atoms with E-state index in [1.807, 2.05) is 12.1 Å². The molecule has 1 N–H and O–H groups in total. The molecule has 0 aromatic heterocycles. The highest BCUT2D eigenvalue weighted by Crippen LogP contribution is 2.18. The van der Waals surface area contributed by atoms with Crippen LogP contribution >= 0.6 is 0 Å². The Morgan fingerprint density at radius 3 is 2.48 bits per heavy atom. The van der Waals surface area contributed by atoms with Gasteiger partial charge in [-0.3, -0.25) is 4.79 Å². The lowest BCUT2D eigenvalue weighted by Crippen LogP contribution is -2.20. The van der Waals surface area contributed by atoms with Gasteiger partial charge in [0.2, 0.25) is 0 Å². The molecule has 2 rings (SSSR count). The Balaban J connectivity index is 1.83. The topological polar surface area (TPSA) is 47.6 Å². The van der Waals surface area contributed by atoms with Crippen LogP contribution in [0.3, 0.4) is 0 Å². The normalized spacial score (nSPS) is 9.74. The Morgan fingerprint density at radius 1 is 1.13 bits per heavy atom. The van der Waals surface area contributed by atoms with Gasteiger partial charge >= 0.3 is 0 Å². The van der Waals surface area contributed by atoms with E-state index in [9.17, 15) is 4.79 Å². The molecule has 0 saturated heterocycles. The maximum atomic E-state index is 11.9. The molecule has 4 heteroatoms. The van der Waals surface area contributed by atoms with Gasteiger partial charge in [-0.1, -0.05) is 18.9 Å². The van der Waals surface area contributed by atoms with Crippen molar-refractivity contribution in [3.8, 4) is 23.8 Å². The molecule has 0 heterocycles. The molecule has 0 aliphatic carbocycles. The molecule has 0 unspecified atom stereocenters. The lowest BCUT2D eigenvalue weighted by Gasteiger charge is -2.09. The van der Waals surface area contributed by atoms with Crippen molar-refractivity contribution in [3.63, 3.8) is 0 Å². The van der Waals surface area contributed by atoms with Crippen LogP contribution in [0.15, 0.2) is 48.5 Å². The second-order valence-corrected chi connectivity index (χ2v) is 4.88. The summed E-state index contributed by atoms with van der Waals surface area (Å²) in [5.74, 6) is 3.68. The van der Waals surface area contributed by atoms with E-state index in [1.54, 1.807) is 36.4 Å². The molecule has 1 amide bonds. The first-order chi connectivity index (χ1) is 11.2. The van der Waals surface area contributed by atoms with Crippen molar-refractivity contribution in [2.75, 3.05) is 18.5 Å². The Bertz CT molecular complexity index is 687. The van der Waals surface area contributed by atoms with E-state index >= 15 is 0 Å². The summed E-state index contributed by atoms with van der Waals surface area (Å²) < 4.78 is 10.9. The average molecular weight is 309 g/mol. The fourth-order valence-electron chi connectivity index (χ4n) is 1.88. The Morgan fingerprint density at radius 2 is 1.83 bits per heavy atom. The molecule has 0 bridgehead atoms. The van der Waals surface area contributed by atoms with Crippen molar-refractivity contribution >= 4 is 11.6 Å². The number of hydrogen-bond donors (Lipinski definition) is 1. The van der Waals surface area contributed by atoms with Crippen LogP contribution in [0.4, 0.5) is 5.69 Å². The predicted octanol–water partition coefficient (Wildman–Crippen LogP) is 3.47. The molecular formula is C19H19NO3. The molecule has 0 saturated carbocycles. The quantitative estimate of drug-likeness (QED) is 0.797. The van der Waals surface area contributed by atoms with Crippen molar-refractivity contribution in [1.82, 2.24) is 0 Å². The molecule has 0 aliphatic rings. The first-order valence-corrected chi connectivity index (χ1v) is 7.43. The van der Waals surface area contributed by atoms with Crippen LogP contribution in [0.25, 0.3) is 0 Å². The molecule has 23 heavy (non-hydrogen) atoms. The van der Waals surface area contributed by atoms with Crippen molar-refractivity contribution in [1.29, 1.82) is 0 Å². The van der Waals surface area contributed by atoms with E-state index in [1.165, 1.54) is 0 Å². The SMILES string of the molecule is C#Cc1cccc(NC(=O)COc2ccc(OCCC)cc2)c1. The molecule has 2 aromatic rings. The predicted molar refractivity (Wildman–Crippen MR) is 90.7 cm³/mol. The van der Waals surface area contributed by atoms with Crippen molar-refractivity contribution in [2.45, 2.75) is 13.3 Å². The monoisotopic (exact) mass is 309 g/mol. The zero-order chi connectivity index (χ0) is 16.5. The summed E-state index contributed by atoms with van der Waals surface area (Å²) in [6, 6.07) is 14.3. The lowest BCUT2D eigenvalue weighted by atomic mass is 10.2. The van der Waals surface area contributed by atoms with Gasteiger partial charge in [-0.05, 0) is 48.9 Å². The molecular weight excluding hydrogens is 290 g/mol. The molecule has 0 fully saturated rings. The summed E-state index contributed by atoms with van der Waals surface area (Å²) in [5, 5.41) is 2.74. The van der Waals surface area contributed by atoms with Crippen molar-refractivity contribution in [2.24, 2.45) is 0 Å². The van der Waals surface area contributed by atoms with E-state index in [4.69, 9.17) is 15.9 Å². The number of rotatable bonds is 7. The second-order valence-electron chi connectivity index (χ2n) is 4.88. The van der Waals surface area contributed by atoms with Crippen LogP contribution < -0.4 is 14.8 Å². The third kappa shape index (κ3) is 5.40. The van der Waals surface area contributed by atoms with Gasteiger partial charge in [0.05, 0.1) is 6.61 Å². The van der Waals surface area contributed by atoms with Crippen LogP contribution in [0.2, 0.25) is 0 Å². The number of amides is 1. The summed E-state index contributed by atoms with van der Waals surface area (Å²) in [6.07, 6.45) is 6.29. The van der Waals surface area contributed by atoms with E-state index in [-0.39, 0.29) is 12.5 Å². The Labute approximate surface area is 136 Å². The molecule has 0 spiro atoms. The summed E-state index contributed by atoms with van der Waals surface area (Å²) >= 11 is 0. The third-order valence-electron chi connectivity index (χ3n) is 2.98. The fraction of sp³-hybridized carbons (Fsp3) is 0.211. The highest BCUT2D eigenvalue weighted by Gasteiger charge is 2.04. The standard InChI is InChI=1S/C19H19NO3/c1-3-12-22-17-8-10-18(11-9-17)23-14-19(21)20-16-7-5-6-15(4-2)13-16/h2,5-11,13H,3,12,14H2,1H3,(H,20,21). The molecule has 0 aliphatic heterocycles. The number of carbonyl (C=O) groups is 1. The van der Waals surface area contributed by atoms with Crippen molar-refractivity contribution < 1.29 is 14.3 Å². The number of terminal acetylenes is 1. The van der Waals surface area contributed by atoms with Crippen LogP contribution in [0.5, 0.6) is 11.5 Å². The molecule has 0 radical (unpaired) electrons. The van der Waals surface area contributed by atoms with Gasteiger partial charge in [-0.15, -0.1) is 6.42 Å². The maximum Gasteiger partial charge on any atom is 0.262 e. The highest BCUT2D eigenvalue weighted by molar-refractivity contribution is 5.92. The van der Waals surface area contributed by atoms with Crippen LogP contribution in [-0.2, 0) is 4.79 Å². The van der Waals surface area contributed by atoms with Gasteiger partial charge in [-0.2, -0.15) is 0 Å². The van der Waals surface area contributed by atoms with E-state index in [0.717, 1.165) is 12.2 Å². The van der Waals surface area contributed by atoms with Gasteiger partial charge in [0.15, 0.2) is 6.61 Å². The van der Waals surface area contributed by atoms with E-state index in [0.29, 0.717) is 23.6 Å². The Hall–Kier alpha value is -2.93. The van der Waals surface area contributed by atoms with Crippen LogP contribution in [0.1, 0.15) is 18.9 Å². The number of nitrogens with one attached hydrogen (secondary N) is 1. The highest BCUT2D eigenvalue weighted by atomic mass is 16.5. The zero-order valence-electron chi connectivity index (χ0n) is 13.0. The minimum Gasteiger partial charge on any atom is -0.494 e. The van der Waals surface area contributed by atoms with Crippen molar-refractivity contribution in [3.05, 3.63) is 54.1 Å². The van der Waals surface area contributed by atoms with Crippen LogP contribution in [-0.4, -0.2) is 19.1 Å². The second kappa shape index (κ2) is 8.50. The van der Waals surface area contributed by atoms with E-state index in [2.05, 4.69) is 18.2 Å². The number of carbonyl (C=O) groups excluding carboxylic acids is 1. The van der Waals surface area contributed by atoms with Gasteiger partial charge in [0.1, 0.15) is 11.5 Å². The minimum atomic E-state index is -0.245. The third-order valence-corrected chi connectivity index (χ3v) is 2.98. The first kappa shape index (κ1) is 16.4. The number of hydrogen-bond acceptors (Lipinski definition) is 3. The molecule has 0 atom stereocenters. The number of anilines is 1. The molecule has 118 valence electrons. The fourth-order valence-corrected chi connectivity index (χ4v) is 1.88. The summed E-state index contributed by atoms with van der Waals surface area (Å²) in [6.45, 7) is 2.66. The van der Waals surface area contributed by atoms with Gasteiger partial charge < -0.3 is 14.8 Å². The summed E-state index contributed by atoms with van der Waals surface area (Å²) in [4.78, 5) is 11.9. The first-order valence-electron chi connectivity index (χ1n) is 7.43. The Kier molecular flexibility index (Phi) is 6.07. The van der Waals surface area contributed by atoms with Gasteiger partial charge in [0.25, 0.3) is 5.91 Å². The lowest BCUT2D eigenvalue weighted by molar-refractivity contribution is -0.118. The maximum absolute atomic E-state index is 11.9. The molecule has 2 aromatic carbocycles. The molecule has 4 nitrogen and oxygen atoms in total. The minimum absolute atomic E-state index is 0.0740. The summed E-state index contributed by atoms with van der Waals surface area (Å²) in [5.41, 5.74) is 1.36. The van der Waals surface area contributed by atoms with Crippen LogP contribution in [0, 0.1) is 12.3 Å². The average Bonchev–Trinajstić information content (AvgIpc) is 2.59. The number of ether oxygens (including phenoxy) is 2. The van der Waals surface area contributed by atoms with E-state index < -0.39 is 0 Å². The van der Waals surface area contributed by atoms with Gasteiger partial charge in [-0.25, -0.2) is 0 Å². The smallest absolute Gasteiger partial charge is 0.262 e. The van der Waals surface area contributed by atoms with Gasteiger partial charge in [0, 0.05) is 11.3 Å².